The van der Waals surface area contributed by atoms with Gasteiger partial charge in [-0.25, -0.2) is 0 Å². The van der Waals surface area contributed by atoms with E-state index in [2.05, 4.69) is 22.9 Å². The molecular formula is C13H17BrCl2N2O. The zero-order valence-corrected chi connectivity index (χ0v) is 13.8. The minimum absolute atomic E-state index is 0. The van der Waals surface area contributed by atoms with Gasteiger partial charge in [-0.05, 0) is 52.5 Å². The Hall–Kier alpha value is -0.290. The summed E-state index contributed by atoms with van der Waals surface area (Å²) in [7, 11) is 0. The van der Waals surface area contributed by atoms with Crippen LogP contribution in [0.4, 0.5) is 0 Å². The van der Waals surface area contributed by atoms with E-state index in [1.165, 1.54) is 0 Å². The number of hydrogen-bond acceptors (Lipinski definition) is 2. The molecule has 0 aliphatic carbocycles. The number of benzene rings is 1. The highest BCUT2D eigenvalue weighted by molar-refractivity contribution is 9.10. The van der Waals surface area contributed by atoms with E-state index < -0.39 is 0 Å². The van der Waals surface area contributed by atoms with E-state index in [-0.39, 0.29) is 23.7 Å². The van der Waals surface area contributed by atoms with Crippen LogP contribution in [0.15, 0.2) is 22.7 Å². The van der Waals surface area contributed by atoms with Crippen molar-refractivity contribution in [2.24, 2.45) is 11.1 Å². The van der Waals surface area contributed by atoms with Crippen molar-refractivity contribution in [3.63, 3.8) is 0 Å². The molecule has 3 nitrogen and oxygen atoms in total. The molecule has 1 heterocycles. The van der Waals surface area contributed by atoms with Gasteiger partial charge in [-0.1, -0.05) is 18.5 Å². The Kier molecular flexibility index (Phi) is 5.68. The van der Waals surface area contributed by atoms with Gasteiger partial charge >= 0.3 is 0 Å². The molecule has 0 radical (unpaired) electrons. The van der Waals surface area contributed by atoms with Crippen LogP contribution in [0, 0.1) is 5.41 Å². The first-order valence-electron chi connectivity index (χ1n) is 5.90. The molecule has 0 bridgehead atoms. The summed E-state index contributed by atoms with van der Waals surface area (Å²) < 4.78 is 0.737. The van der Waals surface area contributed by atoms with Gasteiger partial charge in [0.15, 0.2) is 0 Å². The zero-order chi connectivity index (χ0) is 13.3. The molecule has 1 saturated heterocycles. The van der Waals surface area contributed by atoms with Crippen LogP contribution in [0.25, 0.3) is 0 Å². The minimum Gasteiger partial charge on any atom is -0.338 e. The second kappa shape index (κ2) is 6.44. The molecule has 1 aliphatic rings. The van der Waals surface area contributed by atoms with Gasteiger partial charge in [-0.3, -0.25) is 4.79 Å². The quantitative estimate of drug-likeness (QED) is 0.871. The predicted molar refractivity (Wildman–Crippen MR) is 84.1 cm³/mol. The summed E-state index contributed by atoms with van der Waals surface area (Å²) in [6.45, 7) is 4.22. The van der Waals surface area contributed by atoms with Gasteiger partial charge in [0.2, 0.25) is 0 Å². The highest BCUT2D eigenvalue weighted by atomic mass is 79.9. The minimum atomic E-state index is 0. The van der Waals surface area contributed by atoms with E-state index in [4.69, 9.17) is 17.3 Å². The predicted octanol–water partition coefficient (Wildman–Crippen LogP) is 3.34. The van der Waals surface area contributed by atoms with E-state index >= 15 is 0 Å². The number of carbonyl (C=O) groups excluding carboxylic acids is 1. The van der Waals surface area contributed by atoms with Crippen molar-refractivity contribution in [2.75, 3.05) is 19.6 Å². The summed E-state index contributed by atoms with van der Waals surface area (Å²) >= 11 is 9.26. The molecule has 1 aromatic rings. The van der Waals surface area contributed by atoms with Crippen molar-refractivity contribution in [1.82, 2.24) is 4.90 Å². The molecule has 1 fully saturated rings. The lowest BCUT2D eigenvalue weighted by molar-refractivity contribution is 0.0776. The molecule has 0 spiro atoms. The normalized spacial score (nSPS) is 22.2. The maximum absolute atomic E-state index is 12.4. The molecule has 1 amide bonds. The molecule has 0 saturated carbocycles. The van der Waals surface area contributed by atoms with Gasteiger partial charge in [0.05, 0.1) is 5.56 Å². The molecule has 1 aliphatic heterocycles. The fraction of sp³-hybridized carbons (Fsp3) is 0.462. The molecule has 2 N–H and O–H groups in total. The van der Waals surface area contributed by atoms with Crippen molar-refractivity contribution >= 4 is 45.8 Å². The molecule has 1 aromatic carbocycles. The van der Waals surface area contributed by atoms with Gasteiger partial charge in [0.1, 0.15) is 0 Å². The third kappa shape index (κ3) is 3.63. The summed E-state index contributed by atoms with van der Waals surface area (Å²) in [4.78, 5) is 14.3. The van der Waals surface area contributed by atoms with Crippen LogP contribution in [-0.4, -0.2) is 30.4 Å². The van der Waals surface area contributed by atoms with E-state index in [1.54, 1.807) is 18.2 Å². The number of rotatable bonds is 2. The molecule has 1 unspecified atom stereocenters. The Bertz CT molecular complexity index is 484. The lowest BCUT2D eigenvalue weighted by Gasteiger charge is -2.22. The molecule has 0 aromatic heterocycles. The van der Waals surface area contributed by atoms with E-state index in [9.17, 15) is 4.79 Å². The standard InChI is InChI=1S/C13H16BrClN2O.ClH/c1-13(7-16)4-5-17(8-13)12(18)10-3-2-9(15)6-11(10)14;/h2-3,6H,4-5,7-8,16H2,1H3;1H. The summed E-state index contributed by atoms with van der Waals surface area (Å²) in [6, 6.07) is 5.23. The lowest BCUT2D eigenvalue weighted by atomic mass is 9.90. The van der Waals surface area contributed by atoms with Crippen molar-refractivity contribution in [3.05, 3.63) is 33.3 Å². The average Bonchev–Trinajstić information content (AvgIpc) is 2.72. The molecule has 6 heteroatoms. The first-order chi connectivity index (χ1) is 8.45. The van der Waals surface area contributed by atoms with Crippen LogP contribution in [0.1, 0.15) is 23.7 Å². The Morgan fingerprint density at radius 1 is 1.58 bits per heavy atom. The topological polar surface area (TPSA) is 46.3 Å². The van der Waals surface area contributed by atoms with Gasteiger partial charge in [-0.15, -0.1) is 12.4 Å². The number of halogens is 3. The van der Waals surface area contributed by atoms with Crippen molar-refractivity contribution < 1.29 is 4.79 Å². The fourth-order valence-corrected chi connectivity index (χ4v) is 3.05. The molecule has 106 valence electrons. The lowest BCUT2D eigenvalue weighted by Crippen LogP contribution is -2.34. The summed E-state index contributed by atoms with van der Waals surface area (Å²) in [5.74, 6) is 0.0377. The summed E-state index contributed by atoms with van der Waals surface area (Å²) in [6.07, 6.45) is 0.959. The van der Waals surface area contributed by atoms with Crippen molar-refractivity contribution in [3.8, 4) is 0 Å². The first-order valence-corrected chi connectivity index (χ1v) is 7.07. The molecule has 2 rings (SSSR count). The SMILES string of the molecule is CC1(CN)CCN(C(=O)c2ccc(Cl)cc2Br)C1.Cl. The monoisotopic (exact) mass is 366 g/mol. The summed E-state index contributed by atoms with van der Waals surface area (Å²) in [5, 5.41) is 0.617. The molecule has 19 heavy (non-hydrogen) atoms. The first kappa shape index (κ1) is 16.8. The number of nitrogens with zero attached hydrogens (tertiary/aromatic N) is 1. The third-order valence-electron chi connectivity index (χ3n) is 3.50. The molecular weight excluding hydrogens is 351 g/mol. The van der Waals surface area contributed by atoms with E-state index in [0.29, 0.717) is 17.1 Å². The van der Waals surface area contributed by atoms with Gasteiger partial charge < -0.3 is 10.6 Å². The summed E-state index contributed by atoms with van der Waals surface area (Å²) in [5.41, 5.74) is 6.46. The Morgan fingerprint density at radius 2 is 2.26 bits per heavy atom. The second-order valence-corrected chi connectivity index (χ2v) is 6.41. The highest BCUT2D eigenvalue weighted by Gasteiger charge is 2.35. The number of nitrogens with two attached hydrogens (primary N) is 1. The maximum atomic E-state index is 12.4. The van der Waals surface area contributed by atoms with Crippen LogP contribution in [0.5, 0.6) is 0 Å². The molecule has 1 atom stereocenters. The fourth-order valence-electron chi connectivity index (χ4n) is 2.20. The Balaban J connectivity index is 0.00000180. The average molecular weight is 368 g/mol. The Morgan fingerprint density at radius 3 is 2.79 bits per heavy atom. The maximum Gasteiger partial charge on any atom is 0.255 e. The van der Waals surface area contributed by atoms with Crippen molar-refractivity contribution in [2.45, 2.75) is 13.3 Å². The number of likely N-dealkylation sites (tertiary alicyclic amines) is 1. The smallest absolute Gasteiger partial charge is 0.255 e. The van der Waals surface area contributed by atoms with Gasteiger partial charge in [-0.2, -0.15) is 0 Å². The largest absolute Gasteiger partial charge is 0.338 e. The van der Waals surface area contributed by atoms with Crippen LogP contribution in [0.3, 0.4) is 0 Å². The van der Waals surface area contributed by atoms with Crippen LogP contribution >= 0.6 is 39.9 Å². The van der Waals surface area contributed by atoms with Crippen LogP contribution < -0.4 is 5.73 Å². The van der Waals surface area contributed by atoms with Crippen molar-refractivity contribution in [1.29, 1.82) is 0 Å². The number of hydrogen-bond donors (Lipinski definition) is 1. The van der Waals surface area contributed by atoms with E-state index in [1.807, 2.05) is 4.90 Å². The van der Waals surface area contributed by atoms with Gasteiger partial charge in [0, 0.05) is 22.6 Å². The Labute approximate surface area is 133 Å². The third-order valence-corrected chi connectivity index (χ3v) is 4.39. The highest BCUT2D eigenvalue weighted by Crippen LogP contribution is 2.31. The van der Waals surface area contributed by atoms with E-state index in [0.717, 1.165) is 24.0 Å². The van der Waals surface area contributed by atoms with Gasteiger partial charge in [0.25, 0.3) is 5.91 Å². The van der Waals surface area contributed by atoms with Crippen LogP contribution in [0.2, 0.25) is 5.02 Å². The number of amides is 1. The number of carbonyl (C=O) groups is 1. The zero-order valence-electron chi connectivity index (χ0n) is 10.7. The van der Waals surface area contributed by atoms with Crippen LogP contribution in [-0.2, 0) is 0 Å². The second-order valence-electron chi connectivity index (χ2n) is 5.12.